The number of carbonyl (C=O) groups is 3. The minimum atomic E-state index is -0.642. The maximum Gasteiger partial charge on any atom is 0.306 e. The van der Waals surface area contributed by atoms with E-state index in [9.17, 15) is 19.5 Å². The molecule has 7 nitrogen and oxygen atoms in total. The first kappa shape index (κ1) is 29.5. The Labute approximate surface area is 219 Å². The summed E-state index contributed by atoms with van der Waals surface area (Å²) in [5, 5.41) is 12.5. The highest BCUT2D eigenvalue weighted by atomic mass is 16.5. The van der Waals surface area contributed by atoms with Crippen molar-refractivity contribution in [3.63, 3.8) is 0 Å². The first-order valence-corrected chi connectivity index (χ1v) is 12.6. The van der Waals surface area contributed by atoms with Gasteiger partial charge >= 0.3 is 5.97 Å². The number of esters is 1. The molecule has 0 aromatic heterocycles. The van der Waals surface area contributed by atoms with Crippen LogP contribution in [-0.4, -0.2) is 53.6 Å². The SMILES string of the molecule is C=CCCC(=O)OCC(Cc1ccccc1)NC(=O)C(CC=C)CC(=O)N(CCO)Cc1ccccc1. The lowest BCUT2D eigenvalue weighted by Crippen LogP contribution is -2.44. The zero-order chi connectivity index (χ0) is 26.9. The average molecular weight is 507 g/mol. The molecule has 2 rings (SSSR count). The molecule has 0 bridgehead atoms. The Kier molecular flexibility index (Phi) is 13.5. The molecule has 0 saturated carbocycles. The van der Waals surface area contributed by atoms with Gasteiger partial charge in [0.05, 0.1) is 18.6 Å². The first-order chi connectivity index (χ1) is 18.0. The van der Waals surface area contributed by atoms with Crippen LogP contribution < -0.4 is 5.32 Å². The highest BCUT2D eigenvalue weighted by Gasteiger charge is 2.26. The van der Waals surface area contributed by atoms with E-state index in [1.165, 1.54) is 0 Å². The average Bonchev–Trinajstić information content (AvgIpc) is 2.91. The third-order valence-corrected chi connectivity index (χ3v) is 5.85. The van der Waals surface area contributed by atoms with E-state index in [2.05, 4.69) is 18.5 Å². The summed E-state index contributed by atoms with van der Waals surface area (Å²) in [6.45, 7) is 7.74. The van der Waals surface area contributed by atoms with E-state index in [1.54, 1.807) is 17.1 Å². The topological polar surface area (TPSA) is 95.9 Å². The fourth-order valence-corrected chi connectivity index (χ4v) is 3.90. The molecule has 0 spiro atoms. The van der Waals surface area contributed by atoms with E-state index in [0.717, 1.165) is 11.1 Å². The van der Waals surface area contributed by atoms with E-state index < -0.39 is 12.0 Å². The molecule has 0 heterocycles. The van der Waals surface area contributed by atoms with Crippen LogP contribution in [-0.2, 0) is 32.1 Å². The number of hydrogen-bond acceptors (Lipinski definition) is 5. The monoisotopic (exact) mass is 506 g/mol. The summed E-state index contributed by atoms with van der Waals surface area (Å²) < 4.78 is 5.41. The van der Waals surface area contributed by atoms with Crippen molar-refractivity contribution in [1.82, 2.24) is 10.2 Å². The summed E-state index contributed by atoms with van der Waals surface area (Å²) in [6.07, 6.45) is 4.78. The van der Waals surface area contributed by atoms with Gasteiger partial charge in [-0.1, -0.05) is 72.8 Å². The van der Waals surface area contributed by atoms with Crippen LogP contribution in [0.3, 0.4) is 0 Å². The molecule has 0 radical (unpaired) electrons. The Morgan fingerprint density at radius 3 is 2.22 bits per heavy atom. The number of nitrogens with zero attached hydrogens (tertiary/aromatic N) is 1. The van der Waals surface area contributed by atoms with Crippen molar-refractivity contribution in [3.05, 3.63) is 97.1 Å². The molecule has 198 valence electrons. The number of allylic oxidation sites excluding steroid dienone is 2. The predicted molar refractivity (Wildman–Crippen MR) is 144 cm³/mol. The minimum Gasteiger partial charge on any atom is -0.463 e. The fraction of sp³-hybridized carbons (Fsp3) is 0.367. The number of benzene rings is 2. The van der Waals surface area contributed by atoms with Gasteiger partial charge in [-0.2, -0.15) is 0 Å². The van der Waals surface area contributed by atoms with Gasteiger partial charge < -0.3 is 20.1 Å². The number of nitrogens with one attached hydrogen (secondary N) is 1. The summed E-state index contributed by atoms with van der Waals surface area (Å²) in [5.74, 6) is -1.53. The van der Waals surface area contributed by atoms with Crippen molar-refractivity contribution >= 4 is 17.8 Å². The number of amides is 2. The zero-order valence-corrected chi connectivity index (χ0v) is 21.4. The normalized spacial score (nSPS) is 12.1. The van der Waals surface area contributed by atoms with Gasteiger partial charge in [-0.15, -0.1) is 13.2 Å². The van der Waals surface area contributed by atoms with Crippen molar-refractivity contribution in [2.24, 2.45) is 5.92 Å². The minimum absolute atomic E-state index is 0.0238. The second kappa shape index (κ2) is 16.9. The van der Waals surface area contributed by atoms with Crippen LogP contribution in [0.5, 0.6) is 0 Å². The molecule has 2 unspecified atom stereocenters. The number of hydrogen-bond donors (Lipinski definition) is 2. The largest absolute Gasteiger partial charge is 0.463 e. The van der Waals surface area contributed by atoms with Crippen LogP contribution in [0.2, 0.25) is 0 Å². The number of aliphatic hydroxyl groups excluding tert-OH is 1. The summed E-state index contributed by atoms with van der Waals surface area (Å²) in [7, 11) is 0. The van der Waals surface area contributed by atoms with Crippen molar-refractivity contribution < 1.29 is 24.2 Å². The molecule has 0 saturated heterocycles. The van der Waals surface area contributed by atoms with E-state index in [4.69, 9.17) is 4.74 Å². The Morgan fingerprint density at radius 1 is 0.973 bits per heavy atom. The Balaban J connectivity index is 2.09. The molecule has 0 fully saturated rings. The quantitative estimate of drug-likeness (QED) is 0.251. The zero-order valence-electron chi connectivity index (χ0n) is 21.4. The smallest absolute Gasteiger partial charge is 0.306 e. The molecule has 0 aliphatic carbocycles. The predicted octanol–water partition coefficient (Wildman–Crippen LogP) is 3.83. The Morgan fingerprint density at radius 2 is 1.62 bits per heavy atom. The first-order valence-electron chi connectivity index (χ1n) is 12.6. The van der Waals surface area contributed by atoms with Crippen LogP contribution in [0.4, 0.5) is 0 Å². The van der Waals surface area contributed by atoms with Gasteiger partial charge in [0.2, 0.25) is 11.8 Å². The summed E-state index contributed by atoms with van der Waals surface area (Å²) in [5.41, 5.74) is 1.93. The molecule has 2 amide bonds. The van der Waals surface area contributed by atoms with Crippen molar-refractivity contribution in [2.45, 2.75) is 44.7 Å². The molecular weight excluding hydrogens is 468 g/mol. The van der Waals surface area contributed by atoms with E-state index in [0.29, 0.717) is 25.8 Å². The molecule has 7 heteroatoms. The van der Waals surface area contributed by atoms with Gasteiger partial charge in [-0.05, 0) is 30.4 Å². The number of ether oxygens (including phenoxy) is 1. The van der Waals surface area contributed by atoms with Gasteiger partial charge in [0.15, 0.2) is 0 Å². The molecule has 37 heavy (non-hydrogen) atoms. The Hall–Kier alpha value is -3.71. The third kappa shape index (κ3) is 11.3. The maximum atomic E-state index is 13.3. The fourth-order valence-electron chi connectivity index (χ4n) is 3.90. The summed E-state index contributed by atoms with van der Waals surface area (Å²) in [4.78, 5) is 40.0. The van der Waals surface area contributed by atoms with Gasteiger partial charge in [-0.3, -0.25) is 14.4 Å². The van der Waals surface area contributed by atoms with E-state index in [-0.39, 0.29) is 50.4 Å². The van der Waals surface area contributed by atoms with Crippen LogP contribution >= 0.6 is 0 Å². The maximum absolute atomic E-state index is 13.3. The molecule has 2 aromatic carbocycles. The van der Waals surface area contributed by atoms with Crippen molar-refractivity contribution in [1.29, 1.82) is 0 Å². The van der Waals surface area contributed by atoms with Crippen LogP contribution in [0.1, 0.15) is 36.8 Å². The van der Waals surface area contributed by atoms with Gasteiger partial charge in [0.25, 0.3) is 0 Å². The number of rotatable bonds is 17. The lowest BCUT2D eigenvalue weighted by molar-refractivity contribution is -0.145. The Bertz CT molecular complexity index is 994. The molecule has 2 atom stereocenters. The summed E-state index contributed by atoms with van der Waals surface area (Å²) in [6, 6.07) is 18.7. The second-order valence-electron chi connectivity index (χ2n) is 8.86. The lowest BCUT2D eigenvalue weighted by Gasteiger charge is -2.26. The van der Waals surface area contributed by atoms with Gasteiger partial charge in [-0.25, -0.2) is 0 Å². The van der Waals surface area contributed by atoms with Crippen LogP contribution in [0.15, 0.2) is 86.0 Å². The molecule has 0 aliphatic heterocycles. The highest BCUT2D eigenvalue weighted by molar-refractivity contribution is 5.86. The number of carbonyl (C=O) groups excluding carboxylic acids is 3. The lowest BCUT2D eigenvalue weighted by atomic mass is 9.98. The second-order valence-corrected chi connectivity index (χ2v) is 8.86. The van der Waals surface area contributed by atoms with Gasteiger partial charge in [0.1, 0.15) is 6.61 Å². The highest BCUT2D eigenvalue weighted by Crippen LogP contribution is 2.15. The molecule has 2 aromatic rings. The van der Waals surface area contributed by atoms with Crippen LogP contribution in [0, 0.1) is 5.92 Å². The van der Waals surface area contributed by atoms with E-state index >= 15 is 0 Å². The number of aliphatic hydroxyl groups is 1. The molecule has 2 N–H and O–H groups in total. The van der Waals surface area contributed by atoms with E-state index in [1.807, 2.05) is 60.7 Å². The van der Waals surface area contributed by atoms with Gasteiger partial charge in [0, 0.05) is 25.9 Å². The summed E-state index contributed by atoms with van der Waals surface area (Å²) >= 11 is 0. The third-order valence-electron chi connectivity index (χ3n) is 5.85. The standard InChI is InChI=1S/C30H38N2O5/c1-3-5-17-29(35)37-23-27(20-24-13-8-6-9-14-24)31-30(36)26(12-4-2)21-28(34)32(18-19-33)22-25-15-10-7-11-16-25/h3-4,6-11,13-16,26-27,33H,1-2,5,12,17-23H2,(H,31,36). The molecule has 0 aliphatic rings. The molecular formula is C30H38N2O5. The van der Waals surface area contributed by atoms with Crippen molar-refractivity contribution in [2.75, 3.05) is 19.8 Å². The van der Waals surface area contributed by atoms with Crippen molar-refractivity contribution in [3.8, 4) is 0 Å². The van der Waals surface area contributed by atoms with Crippen LogP contribution in [0.25, 0.3) is 0 Å².